The first kappa shape index (κ1) is 11.0. The maximum Gasteiger partial charge on any atom is 0.141 e. The van der Waals surface area contributed by atoms with E-state index < -0.39 is 5.82 Å². The van der Waals surface area contributed by atoms with E-state index in [1.165, 1.54) is 6.07 Å². The molecule has 3 heteroatoms. The van der Waals surface area contributed by atoms with Crippen LogP contribution in [0.2, 0.25) is 5.02 Å². The van der Waals surface area contributed by atoms with Gasteiger partial charge in [-0.15, -0.1) is 0 Å². The molecular weight excluding hydrogens is 227 g/mol. The standard InChI is InChI=1S/C13H9ClFO/c14-12-8-10(6-7-13(12)15)9-16-11-4-2-1-3-5-11/h2-8H,9H2. The number of benzene rings is 2. The van der Waals surface area contributed by atoms with Crippen molar-refractivity contribution in [2.75, 3.05) is 0 Å². The lowest BCUT2D eigenvalue weighted by Crippen LogP contribution is -1.95. The highest BCUT2D eigenvalue weighted by atomic mass is 35.5. The molecule has 2 aromatic carbocycles. The van der Waals surface area contributed by atoms with Crippen LogP contribution >= 0.6 is 11.6 Å². The van der Waals surface area contributed by atoms with Crippen LogP contribution < -0.4 is 4.74 Å². The molecule has 0 heterocycles. The van der Waals surface area contributed by atoms with E-state index >= 15 is 0 Å². The van der Waals surface area contributed by atoms with Crippen molar-refractivity contribution < 1.29 is 9.13 Å². The van der Waals surface area contributed by atoms with Crippen molar-refractivity contribution in [2.45, 2.75) is 6.61 Å². The molecule has 1 radical (unpaired) electrons. The molecule has 81 valence electrons. The minimum absolute atomic E-state index is 0.113. The van der Waals surface area contributed by atoms with Gasteiger partial charge in [-0.25, -0.2) is 4.39 Å². The maximum atomic E-state index is 12.9. The lowest BCUT2D eigenvalue weighted by Gasteiger charge is -2.06. The highest BCUT2D eigenvalue weighted by Crippen LogP contribution is 2.17. The van der Waals surface area contributed by atoms with Crippen LogP contribution in [0, 0.1) is 11.9 Å². The van der Waals surface area contributed by atoms with E-state index in [0.717, 1.165) is 11.3 Å². The zero-order chi connectivity index (χ0) is 11.4. The van der Waals surface area contributed by atoms with Crippen LogP contribution in [0.5, 0.6) is 5.75 Å². The lowest BCUT2D eigenvalue weighted by molar-refractivity contribution is 0.306. The van der Waals surface area contributed by atoms with Crippen LogP contribution in [0.3, 0.4) is 0 Å². The summed E-state index contributed by atoms with van der Waals surface area (Å²) < 4.78 is 18.4. The lowest BCUT2D eigenvalue weighted by atomic mass is 10.2. The summed E-state index contributed by atoms with van der Waals surface area (Å²) in [6, 6.07) is 14.6. The Morgan fingerprint density at radius 3 is 2.62 bits per heavy atom. The van der Waals surface area contributed by atoms with Crippen LogP contribution in [0.1, 0.15) is 5.56 Å². The maximum absolute atomic E-state index is 12.9. The van der Waals surface area contributed by atoms with Crippen molar-refractivity contribution >= 4 is 11.6 Å². The number of hydrogen-bond donors (Lipinski definition) is 0. The third kappa shape index (κ3) is 2.74. The fraction of sp³-hybridized carbons (Fsp3) is 0.0769. The Hall–Kier alpha value is -1.54. The zero-order valence-electron chi connectivity index (χ0n) is 8.41. The second kappa shape index (κ2) is 4.99. The molecule has 2 aromatic rings. The Morgan fingerprint density at radius 1 is 1.19 bits per heavy atom. The van der Waals surface area contributed by atoms with Gasteiger partial charge in [0.25, 0.3) is 0 Å². The predicted octanol–water partition coefficient (Wildman–Crippen LogP) is 3.86. The molecule has 1 nitrogen and oxygen atoms in total. The Bertz CT molecular complexity index is 471. The Balaban J connectivity index is 2.03. The molecule has 0 saturated carbocycles. The molecule has 0 amide bonds. The minimum Gasteiger partial charge on any atom is -0.489 e. The number of ether oxygens (including phenoxy) is 1. The summed E-state index contributed by atoms with van der Waals surface area (Å²) >= 11 is 5.66. The van der Waals surface area contributed by atoms with Crippen LogP contribution in [0.25, 0.3) is 0 Å². The number of rotatable bonds is 3. The molecule has 0 saturated heterocycles. The first-order valence-corrected chi connectivity index (χ1v) is 5.16. The minimum atomic E-state index is -0.417. The van der Waals surface area contributed by atoms with Crippen molar-refractivity contribution in [3.8, 4) is 5.75 Å². The van der Waals surface area contributed by atoms with E-state index in [4.69, 9.17) is 16.3 Å². The summed E-state index contributed by atoms with van der Waals surface area (Å²) in [5, 5.41) is 0.113. The molecule has 0 N–H and O–H groups in total. The third-order valence-corrected chi connectivity index (χ3v) is 2.37. The van der Waals surface area contributed by atoms with E-state index in [0.29, 0.717) is 6.61 Å². The van der Waals surface area contributed by atoms with Crippen molar-refractivity contribution in [1.82, 2.24) is 0 Å². The fourth-order valence-electron chi connectivity index (χ4n) is 1.26. The smallest absolute Gasteiger partial charge is 0.141 e. The van der Waals surface area contributed by atoms with E-state index in [2.05, 4.69) is 6.07 Å². The molecule has 0 unspecified atom stereocenters. The second-order valence-electron chi connectivity index (χ2n) is 3.27. The summed E-state index contributed by atoms with van der Waals surface area (Å²) in [4.78, 5) is 0. The van der Waals surface area contributed by atoms with Crippen molar-refractivity contribution in [2.24, 2.45) is 0 Å². The van der Waals surface area contributed by atoms with Crippen molar-refractivity contribution in [3.63, 3.8) is 0 Å². The van der Waals surface area contributed by atoms with E-state index in [9.17, 15) is 4.39 Å². The molecule has 0 aliphatic carbocycles. The Morgan fingerprint density at radius 2 is 1.94 bits per heavy atom. The average molecular weight is 236 g/mol. The predicted molar refractivity (Wildman–Crippen MR) is 61.0 cm³/mol. The summed E-state index contributed by atoms with van der Waals surface area (Å²) in [5.74, 6) is 0.332. The zero-order valence-corrected chi connectivity index (χ0v) is 9.17. The van der Waals surface area contributed by atoms with Gasteiger partial charge in [-0.1, -0.05) is 29.8 Å². The second-order valence-corrected chi connectivity index (χ2v) is 3.68. The van der Waals surface area contributed by atoms with Gasteiger partial charge in [-0.2, -0.15) is 0 Å². The molecule has 0 aliphatic heterocycles. The van der Waals surface area contributed by atoms with E-state index in [1.807, 2.05) is 12.1 Å². The quantitative estimate of drug-likeness (QED) is 0.785. The van der Waals surface area contributed by atoms with Crippen molar-refractivity contribution in [1.29, 1.82) is 0 Å². The van der Waals surface area contributed by atoms with Crippen LogP contribution in [0.4, 0.5) is 4.39 Å². The molecule has 0 aromatic heterocycles. The van der Waals surface area contributed by atoms with Gasteiger partial charge in [0.05, 0.1) is 5.02 Å². The average Bonchev–Trinajstić information content (AvgIpc) is 2.32. The molecule has 0 spiro atoms. The van der Waals surface area contributed by atoms with Gasteiger partial charge in [0.2, 0.25) is 0 Å². The van der Waals surface area contributed by atoms with Gasteiger partial charge < -0.3 is 4.74 Å². The van der Waals surface area contributed by atoms with Crippen molar-refractivity contribution in [3.05, 3.63) is 64.9 Å². The molecule has 0 bridgehead atoms. The molecule has 2 rings (SSSR count). The molecule has 0 fully saturated rings. The van der Waals surface area contributed by atoms with Gasteiger partial charge in [-0.3, -0.25) is 0 Å². The normalized spacial score (nSPS) is 10.1. The van der Waals surface area contributed by atoms with Crippen LogP contribution in [-0.4, -0.2) is 0 Å². The monoisotopic (exact) mass is 235 g/mol. The highest BCUT2D eigenvalue weighted by molar-refractivity contribution is 6.30. The fourth-order valence-corrected chi connectivity index (χ4v) is 1.47. The Labute approximate surface area is 98.4 Å². The van der Waals surface area contributed by atoms with Crippen LogP contribution in [-0.2, 0) is 6.61 Å². The third-order valence-electron chi connectivity index (χ3n) is 2.08. The number of hydrogen-bond acceptors (Lipinski definition) is 1. The molecule has 0 atom stereocenters. The largest absolute Gasteiger partial charge is 0.489 e. The van der Waals surface area contributed by atoms with Gasteiger partial charge in [0, 0.05) is 0 Å². The van der Waals surface area contributed by atoms with E-state index in [-0.39, 0.29) is 5.02 Å². The summed E-state index contributed by atoms with van der Waals surface area (Å²) in [6.07, 6.45) is 0. The van der Waals surface area contributed by atoms with Gasteiger partial charge in [0.1, 0.15) is 18.2 Å². The summed E-state index contributed by atoms with van der Waals surface area (Å²) in [5.41, 5.74) is 0.833. The van der Waals surface area contributed by atoms with Gasteiger partial charge in [0.15, 0.2) is 0 Å². The molecule has 0 aliphatic rings. The first-order valence-electron chi connectivity index (χ1n) is 4.78. The van der Waals surface area contributed by atoms with Gasteiger partial charge in [-0.05, 0) is 35.9 Å². The molecule has 16 heavy (non-hydrogen) atoms. The Kier molecular flexibility index (Phi) is 3.42. The number of halogens is 2. The SMILES string of the molecule is Fc1ccc(COc2cc[c]cc2)cc1Cl. The highest BCUT2D eigenvalue weighted by Gasteiger charge is 2.01. The first-order chi connectivity index (χ1) is 7.75. The summed E-state index contributed by atoms with van der Waals surface area (Å²) in [7, 11) is 0. The van der Waals surface area contributed by atoms with E-state index in [1.54, 1.807) is 24.3 Å². The summed E-state index contributed by atoms with van der Waals surface area (Å²) in [6.45, 7) is 0.365. The van der Waals surface area contributed by atoms with Crippen LogP contribution in [0.15, 0.2) is 42.5 Å². The van der Waals surface area contributed by atoms with Gasteiger partial charge >= 0.3 is 0 Å². The topological polar surface area (TPSA) is 9.23 Å². The molecular formula is C13H9ClFO.